The lowest BCUT2D eigenvalue weighted by Gasteiger charge is -2.37. The number of ether oxygens (including phenoxy) is 2. The highest BCUT2D eigenvalue weighted by Crippen LogP contribution is 2.30. The topological polar surface area (TPSA) is 280 Å². The highest BCUT2D eigenvalue weighted by molar-refractivity contribution is 5.79. The zero-order chi connectivity index (χ0) is 85.0. The number of carbonyl (C=O) groups excluding carboxylic acids is 3. The van der Waals surface area contributed by atoms with E-state index < -0.39 is 0 Å². The van der Waals surface area contributed by atoms with Gasteiger partial charge in [-0.3, -0.25) is 19.3 Å². The number of benzene rings is 6. The standard InChI is InChI=1S/C31H35F2N9O2.C29H32F2N8O2.C26H26F2N8O/c1-44-19-18-38-10-12-39(13-11-38)27-20-28(35-22-34-27)40-14-16-41(17-15-40)29(43)21-42-31(24-4-8-26(33)9-5-24)36-30(37-42)23-2-6-25(32)7-3-23;1-36(12-3-17-41-2)25-18-26(33-20-32-25)37-13-15-38(16-14-37)27(40)19-39-29(22-6-10-24(31)11-7-22)34-28(35-39)21-4-8-23(30)9-5-21;1-2-29-22-15-23(31-17-30-22)34-11-13-35(14-12-34)24(37)16-36-26(19-5-9-21(28)10-6-19)32-25(33-36)18-3-7-20(27)8-4-18/h2-9,20,22H,10-19,21H2,1H3;4-11,18,20H,3,12-17,19H2,1-2H3;3-10,15,17H,2,11-14,16H2,1H3,(H,29,30,31). The van der Waals surface area contributed by atoms with Gasteiger partial charge in [0.2, 0.25) is 17.7 Å². The van der Waals surface area contributed by atoms with Gasteiger partial charge in [0.15, 0.2) is 34.9 Å². The Kier molecular flexibility index (Phi) is 28.3. The summed E-state index contributed by atoms with van der Waals surface area (Å²) < 4.78 is 96.0. The van der Waals surface area contributed by atoms with Crippen molar-refractivity contribution in [2.24, 2.45) is 0 Å². The number of anilines is 6. The molecule has 10 heterocycles. The van der Waals surface area contributed by atoms with Gasteiger partial charge in [0, 0.05) is 204 Å². The first-order valence-electron chi connectivity index (χ1n) is 40.2. The molecule has 6 aromatic carbocycles. The number of halogens is 6. The smallest absolute Gasteiger partial charge is 0.244 e. The average molecular weight is 1670 g/mol. The van der Waals surface area contributed by atoms with E-state index in [1.165, 1.54) is 93.2 Å². The molecular weight excluding hydrogens is 1580 g/mol. The third-order valence-electron chi connectivity index (χ3n) is 21.2. The first kappa shape index (κ1) is 85.1. The van der Waals surface area contributed by atoms with Crippen LogP contribution in [0, 0.1) is 34.9 Å². The Bertz CT molecular complexity index is 5430. The summed E-state index contributed by atoms with van der Waals surface area (Å²) >= 11 is 0. The van der Waals surface area contributed by atoms with Gasteiger partial charge in [-0.15, -0.1) is 15.3 Å². The maximum atomic E-state index is 13.6. The Hall–Kier alpha value is -13.4. The number of methoxy groups -OCH3 is 2. The molecule has 4 fully saturated rings. The number of nitrogens with zero attached hydrogens (tertiary/aromatic N) is 24. The van der Waals surface area contributed by atoms with Crippen molar-refractivity contribution < 1.29 is 50.2 Å². The normalized spacial score (nSPS) is 14.4. The SMILES string of the molecule is CCNc1cc(N2CCN(C(=O)Cn3nc(-c4ccc(F)cc4)nc3-c3ccc(F)cc3)CC2)ncn1.COCCCN(C)c1cc(N2CCN(C(=O)Cn3nc(-c4ccc(F)cc4)nc3-c3ccc(F)cc3)CC2)ncn1.COCCN1CCN(c2cc(N3CCN(C(=O)Cn4nc(-c5ccc(F)cc5)nc4-c4ccc(F)cc4)CC3)ncn2)CC1. The van der Waals surface area contributed by atoms with Crippen LogP contribution in [0.2, 0.25) is 0 Å². The van der Waals surface area contributed by atoms with E-state index in [1.807, 2.05) is 37.1 Å². The van der Waals surface area contributed by atoms with Crippen LogP contribution in [-0.2, 0) is 43.5 Å². The molecule has 4 aliphatic rings. The van der Waals surface area contributed by atoms with E-state index >= 15 is 0 Å². The van der Waals surface area contributed by atoms with E-state index in [0.29, 0.717) is 153 Å². The van der Waals surface area contributed by atoms with E-state index in [2.05, 4.69) is 94.9 Å². The second-order valence-electron chi connectivity index (χ2n) is 29.2. The molecule has 122 heavy (non-hydrogen) atoms. The van der Waals surface area contributed by atoms with Crippen LogP contribution in [0.1, 0.15) is 13.3 Å². The molecule has 0 aliphatic carbocycles. The lowest BCUT2D eigenvalue weighted by molar-refractivity contribution is -0.133. The van der Waals surface area contributed by atoms with Gasteiger partial charge in [-0.1, -0.05) is 0 Å². The predicted octanol–water partition coefficient (Wildman–Crippen LogP) is 9.76. The second kappa shape index (κ2) is 40.6. The van der Waals surface area contributed by atoms with Gasteiger partial charge in [-0.05, 0) is 159 Å². The highest BCUT2D eigenvalue weighted by atomic mass is 19.1. The van der Waals surface area contributed by atoms with E-state index in [1.54, 1.807) is 109 Å². The lowest BCUT2D eigenvalue weighted by Crippen LogP contribution is -2.50. The Morgan fingerprint density at radius 2 is 0.680 bits per heavy atom. The van der Waals surface area contributed by atoms with Crippen LogP contribution in [0.25, 0.3) is 68.3 Å². The maximum Gasteiger partial charge on any atom is 0.244 e. The zero-order valence-corrected chi connectivity index (χ0v) is 68.0. The largest absolute Gasteiger partial charge is 0.385 e. The van der Waals surface area contributed by atoms with Crippen molar-refractivity contribution in [2.75, 3.05) is 189 Å². The highest BCUT2D eigenvalue weighted by Gasteiger charge is 2.30. The maximum absolute atomic E-state index is 13.6. The second-order valence-corrected chi connectivity index (χ2v) is 29.2. The summed E-state index contributed by atoms with van der Waals surface area (Å²) in [5.41, 5.74) is 3.72. The number of nitrogens with one attached hydrogen (secondary N) is 1. The van der Waals surface area contributed by atoms with Crippen LogP contribution in [0.15, 0.2) is 183 Å². The van der Waals surface area contributed by atoms with Crippen LogP contribution in [0.4, 0.5) is 61.2 Å². The molecule has 0 spiro atoms. The van der Waals surface area contributed by atoms with Crippen molar-refractivity contribution in [3.05, 3.63) is 218 Å². The van der Waals surface area contributed by atoms with Gasteiger partial charge in [0.1, 0.15) is 108 Å². The van der Waals surface area contributed by atoms with Crippen LogP contribution >= 0.6 is 0 Å². The number of rotatable bonds is 26. The zero-order valence-electron chi connectivity index (χ0n) is 68.0. The van der Waals surface area contributed by atoms with Gasteiger partial charge < -0.3 is 54.0 Å². The molecule has 0 bridgehead atoms. The summed E-state index contributed by atoms with van der Waals surface area (Å²) in [6.07, 6.45) is 5.60. The summed E-state index contributed by atoms with van der Waals surface area (Å²) in [5.74, 6) is 4.85. The number of amides is 3. The molecular formula is C86H93F6N25O5. The quantitative estimate of drug-likeness (QED) is 0.0390. The molecule has 0 atom stereocenters. The number of hydrogen-bond acceptors (Lipinski definition) is 24. The van der Waals surface area contributed by atoms with Crippen molar-refractivity contribution >= 4 is 52.6 Å². The van der Waals surface area contributed by atoms with Crippen LogP contribution in [-0.4, -0.2) is 270 Å². The first-order chi connectivity index (χ1) is 59.4. The van der Waals surface area contributed by atoms with Gasteiger partial charge in [-0.2, -0.15) is 0 Å². The van der Waals surface area contributed by atoms with Crippen molar-refractivity contribution in [1.29, 1.82) is 0 Å². The van der Waals surface area contributed by atoms with E-state index in [0.717, 1.165) is 93.7 Å². The monoisotopic (exact) mass is 1670 g/mol. The van der Waals surface area contributed by atoms with E-state index in [-0.39, 0.29) is 72.3 Å². The Morgan fingerprint density at radius 1 is 0.377 bits per heavy atom. The van der Waals surface area contributed by atoms with Gasteiger partial charge in [0.05, 0.1) is 6.61 Å². The molecule has 1 N–H and O–H groups in total. The minimum Gasteiger partial charge on any atom is -0.385 e. The molecule has 0 unspecified atom stereocenters. The van der Waals surface area contributed by atoms with E-state index in [4.69, 9.17) is 9.47 Å². The molecule has 30 nitrogen and oxygen atoms in total. The minimum atomic E-state index is -0.374. The first-order valence-corrected chi connectivity index (χ1v) is 40.2. The van der Waals surface area contributed by atoms with E-state index in [9.17, 15) is 40.7 Å². The third kappa shape index (κ3) is 22.0. The molecule has 4 saturated heterocycles. The molecule has 634 valence electrons. The summed E-state index contributed by atoms with van der Waals surface area (Å²) in [6, 6.07) is 41.0. The number of aromatic nitrogens is 15. The van der Waals surface area contributed by atoms with Gasteiger partial charge in [0.25, 0.3) is 0 Å². The van der Waals surface area contributed by atoms with Crippen LogP contribution < -0.4 is 29.8 Å². The Labute approximate surface area is 701 Å². The molecule has 12 aromatic rings. The summed E-state index contributed by atoms with van der Waals surface area (Å²) in [5, 5.41) is 16.9. The van der Waals surface area contributed by atoms with Crippen molar-refractivity contribution in [3.63, 3.8) is 0 Å². The minimum absolute atomic E-state index is 0.0288. The Balaban J connectivity index is 0.000000150. The average Bonchev–Trinajstić information content (AvgIpc) is 1.69. The van der Waals surface area contributed by atoms with Crippen molar-refractivity contribution in [2.45, 2.75) is 33.0 Å². The predicted molar refractivity (Wildman–Crippen MR) is 449 cm³/mol. The third-order valence-corrected chi connectivity index (χ3v) is 21.2. The Morgan fingerprint density at radius 3 is 1.02 bits per heavy atom. The fourth-order valence-corrected chi connectivity index (χ4v) is 14.4. The van der Waals surface area contributed by atoms with Crippen LogP contribution in [0.3, 0.4) is 0 Å². The number of piperazine rings is 4. The summed E-state index contributed by atoms with van der Waals surface area (Å²) in [6.45, 7) is 16.5. The molecule has 3 amide bonds. The fourth-order valence-electron chi connectivity index (χ4n) is 14.4. The molecule has 0 saturated carbocycles. The van der Waals surface area contributed by atoms with Crippen LogP contribution in [0.5, 0.6) is 0 Å². The molecule has 0 radical (unpaired) electrons. The van der Waals surface area contributed by atoms with Crippen molar-refractivity contribution in [1.82, 2.24) is 93.8 Å². The van der Waals surface area contributed by atoms with Crippen molar-refractivity contribution in [3.8, 4) is 68.3 Å². The molecule has 6 aromatic heterocycles. The molecule has 4 aliphatic heterocycles. The summed E-state index contributed by atoms with van der Waals surface area (Å²) in [7, 11) is 5.41. The van der Waals surface area contributed by atoms with Gasteiger partial charge in [-0.25, -0.2) is 85.2 Å². The summed E-state index contributed by atoms with van der Waals surface area (Å²) in [4.78, 5) is 99.0. The number of carbonyl (C=O) groups is 3. The number of hydrogen-bond donors (Lipinski definition) is 1. The van der Waals surface area contributed by atoms with Gasteiger partial charge >= 0.3 is 0 Å². The molecule has 36 heteroatoms. The lowest BCUT2D eigenvalue weighted by atomic mass is 10.2. The molecule has 16 rings (SSSR count). The fraction of sp³-hybridized carbons (Fsp3) is 0.337.